The van der Waals surface area contributed by atoms with E-state index in [1.54, 1.807) is 18.0 Å². The Morgan fingerprint density at radius 3 is 2.59 bits per heavy atom. The Balaban J connectivity index is 1.76. The van der Waals surface area contributed by atoms with Crippen molar-refractivity contribution in [3.05, 3.63) is 54.0 Å². The number of carbonyl (C=O) groups is 1. The molecule has 0 radical (unpaired) electrons. The number of amides is 1. The van der Waals surface area contributed by atoms with Crippen LogP contribution in [0, 0.1) is 0 Å². The second kappa shape index (κ2) is 8.04. The van der Waals surface area contributed by atoms with Gasteiger partial charge in [-0.25, -0.2) is 18.4 Å². The maximum absolute atomic E-state index is 12.8. The number of hydrogen-bond donors (Lipinski definition) is 0. The van der Waals surface area contributed by atoms with Crippen molar-refractivity contribution in [2.45, 2.75) is 25.9 Å². The van der Waals surface area contributed by atoms with E-state index in [-0.39, 0.29) is 23.5 Å². The van der Waals surface area contributed by atoms with Crippen molar-refractivity contribution in [3.8, 4) is 0 Å². The fourth-order valence-corrected chi connectivity index (χ4v) is 5.10. The summed E-state index contributed by atoms with van der Waals surface area (Å²) < 4.78 is 23.6. The van der Waals surface area contributed by atoms with Gasteiger partial charge in [0, 0.05) is 32.2 Å². The van der Waals surface area contributed by atoms with Crippen molar-refractivity contribution in [3.63, 3.8) is 0 Å². The number of benzene rings is 1. The molecule has 1 aromatic heterocycles. The number of anilines is 1. The summed E-state index contributed by atoms with van der Waals surface area (Å²) in [5, 5.41) is 0. The zero-order chi connectivity index (χ0) is 19.4. The summed E-state index contributed by atoms with van der Waals surface area (Å²) in [6.07, 6.45) is 1.95. The minimum atomic E-state index is -2.99. The average molecular weight is 388 g/mol. The number of nitrogens with zero attached hydrogens (tertiary/aromatic N) is 4. The third kappa shape index (κ3) is 4.63. The van der Waals surface area contributed by atoms with Crippen molar-refractivity contribution in [1.29, 1.82) is 0 Å². The summed E-state index contributed by atoms with van der Waals surface area (Å²) in [7, 11) is -1.26. The molecule has 1 amide bonds. The zero-order valence-electron chi connectivity index (χ0n) is 15.6. The number of rotatable bonds is 6. The summed E-state index contributed by atoms with van der Waals surface area (Å²) in [6, 6.07) is 11.3. The van der Waals surface area contributed by atoms with E-state index in [1.807, 2.05) is 42.2 Å². The monoisotopic (exact) mass is 388 g/mol. The largest absolute Gasteiger partial charge is 0.353 e. The predicted octanol–water partition coefficient (Wildman–Crippen LogP) is 1.76. The van der Waals surface area contributed by atoms with E-state index in [0.29, 0.717) is 31.0 Å². The minimum absolute atomic E-state index is 0.111. The lowest BCUT2D eigenvalue weighted by Crippen LogP contribution is -2.37. The number of carbonyl (C=O) groups excluding carboxylic acids is 1. The first kappa shape index (κ1) is 19.3. The summed E-state index contributed by atoms with van der Waals surface area (Å²) in [5.74, 6) is 0.719. The molecule has 0 saturated carbocycles. The Bertz CT molecular complexity index is 902. The summed E-state index contributed by atoms with van der Waals surface area (Å²) in [6.45, 7) is 3.05. The first-order valence-corrected chi connectivity index (χ1v) is 10.8. The summed E-state index contributed by atoms with van der Waals surface area (Å²) in [5.41, 5.74) is 1.34. The van der Waals surface area contributed by atoms with Crippen LogP contribution < -0.4 is 4.90 Å². The van der Waals surface area contributed by atoms with Crippen LogP contribution in [0.15, 0.2) is 42.7 Å². The number of sulfone groups is 1. The highest BCUT2D eigenvalue weighted by Crippen LogP contribution is 2.23. The number of aromatic nitrogens is 2. The molecule has 0 aliphatic carbocycles. The highest BCUT2D eigenvalue weighted by Gasteiger charge is 2.32. The maximum atomic E-state index is 12.8. The van der Waals surface area contributed by atoms with Crippen LogP contribution in [0.5, 0.6) is 0 Å². The van der Waals surface area contributed by atoms with E-state index in [4.69, 9.17) is 0 Å². The minimum Gasteiger partial charge on any atom is -0.353 e. The van der Waals surface area contributed by atoms with Crippen molar-refractivity contribution in [2.75, 3.05) is 30.0 Å². The van der Waals surface area contributed by atoms with Crippen LogP contribution in [0.25, 0.3) is 0 Å². The van der Waals surface area contributed by atoms with Crippen LogP contribution >= 0.6 is 0 Å². The van der Waals surface area contributed by atoms with Crippen molar-refractivity contribution < 1.29 is 13.2 Å². The molecule has 1 atom stereocenters. The van der Waals surface area contributed by atoms with Gasteiger partial charge in [-0.15, -0.1) is 0 Å². The van der Waals surface area contributed by atoms with Gasteiger partial charge < -0.3 is 9.80 Å². The first-order chi connectivity index (χ1) is 12.9. The van der Waals surface area contributed by atoms with Crippen molar-refractivity contribution in [1.82, 2.24) is 14.9 Å². The predicted molar refractivity (Wildman–Crippen MR) is 104 cm³/mol. The highest BCUT2D eigenvalue weighted by atomic mass is 32.2. The fourth-order valence-electron chi connectivity index (χ4n) is 3.37. The lowest BCUT2D eigenvalue weighted by Gasteiger charge is -2.28. The Labute approximate surface area is 160 Å². The lowest BCUT2D eigenvalue weighted by atomic mass is 10.2. The third-order valence-electron chi connectivity index (χ3n) is 4.77. The van der Waals surface area contributed by atoms with Gasteiger partial charge in [-0.1, -0.05) is 30.3 Å². The first-order valence-electron chi connectivity index (χ1n) is 8.98. The van der Waals surface area contributed by atoms with Gasteiger partial charge in [0.2, 0.25) is 0 Å². The topological polar surface area (TPSA) is 83.5 Å². The van der Waals surface area contributed by atoms with E-state index in [0.717, 1.165) is 5.56 Å². The molecule has 3 rings (SSSR count). The molecular formula is C19H24N4O3S. The fraction of sp³-hybridized carbons (Fsp3) is 0.421. The molecule has 2 heterocycles. The standard InChI is InChI=1S/C19H24N4O3S/c1-3-23(16-9-10-27(25,26)13-16)18-11-17(20-14-21-18)19(24)22(2)12-15-7-5-4-6-8-15/h4-8,11,14,16H,3,9-10,12-13H2,1-2H3. The Hall–Kier alpha value is -2.48. The molecule has 0 N–H and O–H groups in total. The average Bonchev–Trinajstić information content (AvgIpc) is 3.02. The van der Waals surface area contributed by atoms with E-state index < -0.39 is 9.84 Å². The molecule has 1 saturated heterocycles. The SMILES string of the molecule is CCN(c1cc(C(=O)N(C)Cc2ccccc2)ncn1)C1CCS(=O)(=O)C1. The van der Waals surface area contributed by atoms with Crippen LogP contribution in [0.2, 0.25) is 0 Å². The van der Waals surface area contributed by atoms with Crippen molar-refractivity contribution in [2.24, 2.45) is 0 Å². The van der Waals surface area contributed by atoms with Gasteiger partial charge in [-0.05, 0) is 18.9 Å². The molecule has 1 fully saturated rings. The second-order valence-corrected chi connectivity index (χ2v) is 8.98. The zero-order valence-corrected chi connectivity index (χ0v) is 16.4. The molecule has 8 heteroatoms. The quantitative estimate of drug-likeness (QED) is 0.750. The highest BCUT2D eigenvalue weighted by molar-refractivity contribution is 7.91. The van der Waals surface area contributed by atoms with Crippen LogP contribution in [0.1, 0.15) is 29.4 Å². The molecular weight excluding hydrogens is 364 g/mol. The van der Waals surface area contributed by atoms with E-state index in [2.05, 4.69) is 9.97 Å². The Morgan fingerprint density at radius 1 is 1.22 bits per heavy atom. The third-order valence-corrected chi connectivity index (χ3v) is 6.52. The van der Waals surface area contributed by atoms with Crippen LogP contribution in [0.4, 0.5) is 5.82 Å². The van der Waals surface area contributed by atoms with E-state index in [9.17, 15) is 13.2 Å². The van der Waals surface area contributed by atoms with Gasteiger partial charge in [0.1, 0.15) is 17.8 Å². The second-order valence-electron chi connectivity index (χ2n) is 6.75. The van der Waals surface area contributed by atoms with Gasteiger partial charge in [-0.3, -0.25) is 4.79 Å². The Morgan fingerprint density at radius 2 is 1.96 bits per heavy atom. The summed E-state index contributed by atoms with van der Waals surface area (Å²) in [4.78, 5) is 24.7. The van der Waals surface area contributed by atoms with E-state index in [1.165, 1.54) is 6.33 Å². The molecule has 144 valence electrons. The number of hydrogen-bond acceptors (Lipinski definition) is 6. The van der Waals surface area contributed by atoms with Gasteiger partial charge in [0.05, 0.1) is 11.5 Å². The van der Waals surface area contributed by atoms with Crippen LogP contribution in [-0.4, -0.2) is 60.3 Å². The molecule has 1 unspecified atom stereocenters. The van der Waals surface area contributed by atoms with Gasteiger partial charge in [-0.2, -0.15) is 0 Å². The van der Waals surface area contributed by atoms with Crippen LogP contribution in [0.3, 0.4) is 0 Å². The van der Waals surface area contributed by atoms with E-state index >= 15 is 0 Å². The van der Waals surface area contributed by atoms with Gasteiger partial charge >= 0.3 is 0 Å². The van der Waals surface area contributed by atoms with Crippen molar-refractivity contribution >= 4 is 21.6 Å². The normalized spacial score (nSPS) is 18.2. The molecule has 0 bridgehead atoms. The van der Waals surface area contributed by atoms with Gasteiger partial charge in [0.25, 0.3) is 5.91 Å². The molecule has 0 spiro atoms. The smallest absolute Gasteiger partial charge is 0.272 e. The molecule has 1 aliphatic rings. The van der Waals surface area contributed by atoms with Gasteiger partial charge in [0.15, 0.2) is 9.84 Å². The summed E-state index contributed by atoms with van der Waals surface area (Å²) >= 11 is 0. The van der Waals surface area contributed by atoms with Crippen LogP contribution in [-0.2, 0) is 16.4 Å². The molecule has 1 aliphatic heterocycles. The molecule has 7 nitrogen and oxygen atoms in total. The molecule has 2 aromatic rings. The molecule has 1 aromatic carbocycles. The lowest BCUT2D eigenvalue weighted by molar-refractivity contribution is 0.0779. The maximum Gasteiger partial charge on any atom is 0.272 e. The molecule has 27 heavy (non-hydrogen) atoms. The Kier molecular flexibility index (Phi) is 5.74.